The molecule has 56 heavy (non-hydrogen) atoms. The molecule has 8 rings (SSSR count). The number of para-hydroxylation sites is 1. The highest BCUT2D eigenvalue weighted by molar-refractivity contribution is 6.10. The zero-order chi connectivity index (χ0) is 39.3. The van der Waals surface area contributed by atoms with Gasteiger partial charge in [0.25, 0.3) is 0 Å². The summed E-state index contributed by atoms with van der Waals surface area (Å²) in [5, 5.41) is 2.43. The Morgan fingerprint density at radius 2 is 1.52 bits per heavy atom. The lowest BCUT2D eigenvalue weighted by Gasteiger charge is -2.26. The number of aromatic nitrogens is 1. The van der Waals surface area contributed by atoms with E-state index < -0.39 is 0 Å². The van der Waals surface area contributed by atoms with E-state index >= 15 is 0 Å². The van der Waals surface area contributed by atoms with Gasteiger partial charge in [-0.3, -0.25) is 0 Å². The third-order valence-corrected chi connectivity index (χ3v) is 10.6. The van der Waals surface area contributed by atoms with E-state index in [4.69, 9.17) is 11.5 Å². The summed E-state index contributed by atoms with van der Waals surface area (Å²) in [6.07, 6.45) is 20.5. The van der Waals surface area contributed by atoms with E-state index in [0.29, 0.717) is 6.54 Å². The molecule has 6 aromatic rings. The van der Waals surface area contributed by atoms with Gasteiger partial charge < -0.3 is 20.9 Å². The van der Waals surface area contributed by atoms with Crippen molar-refractivity contribution in [1.29, 1.82) is 0 Å². The number of benzene rings is 5. The first kappa shape index (κ1) is 37.5. The van der Waals surface area contributed by atoms with Crippen LogP contribution in [0.4, 0.5) is 11.4 Å². The highest BCUT2D eigenvalue weighted by Crippen LogP contribution is 2.43. The van der Waals surface area contributed by atoms with Crippen molar-refractivity contribution in [1.82, 2.24) is 4.57 Å². The minimum atomic E-state index is 0.681. The minimum Gasteiger partial charge on any atom is -0.404 e. The number of allylic oxidation sites excluding steroid dienone is 12. The van der Waals surface area contributed by atoms with Gasteiger partial charge in [-0.25, -0.2) is 0 Å². The second-order valence-corrected chi connectivity index (χ2v) is 13.7. The zero-order valence-corrected chi connectivity index (χ0v) is 33.1. The molecule has 0 saturated carbocycles. The second-order valence-electron chi connectivity index (χ2n) is 13.7. The number of nitrogens with two attached hydrogens (primary N) is 2. The summed E-state index contributed by atoms with van der Waals surface area (Å²) in [6, 6.07) is 37.3. The van der Waals surface area contributed by atoms with Crippen molar-refractivity contribution in [2.24, 2.45) is 11.5 Å². The third kappa shape index (κ3) is 6.64. The van der Waals surface area contributed by atoms with Crippen molar-refractivity contribution in [3.05, 3.63) is 204 Å². The minimum absolute atomic E-state index is 0.681. The summed E-state index contributed by atoms with van der Waals surface area (Å²) in [5.74, 6) is 0. The van der Waals surface area contributed by atoms with E-state index in [1.807, 2.05) is 32.9 Å². The Kier molecular flexibility index (Phi) is 10.9. The van der Waals surface area contributed by atoms with Crippen LogP contribution in [0.2, 0.25) is 0 Å². The van der Waals surface area contributed by atoms with Gasteiger partial charge in [0.2, 0.25) is 0 Å². The van der Waals surface area contributed by atoms with Crippen LogP contribution in [0, 0.1) is 0 Å². The summed E-state index contributed by atoms with van der Waals surface area (Å²) in [4.78, 5) is 2.26. The van der Waals surface area contributed by atoms with Gasteiger partial charge in [-0.05, 0) is 108 Å². The molecule has 1 aromatic heterocycles. The van der Waals surface area contributed by atoms with Gasteiger partial charge in [0.05, 0.1) is 5.69 Å². The van der Waals surface area contributed by atoms with E-state index in [1.165, 1.54) is 38.5 Å². The van der Waals surface area contributed by atoms with Crippen molar-refractivity contribution >= 4 is 55.6 Å². The van der Waals surface area contributed by atoms with E-state index in [-0.39, 0.29) is 0 Å². The van der Waals surface area contributed by atoms with Gasteiger partial charge in [-0.1, -0.05) is 124 Å². The van der Waals surface area contributed by atoms with Crippen molar-refractivity contribution in [2.75, 3.05) is 4.90 Å². The number of hydrogen-bond donors (Lipinski definition) is 2. The van der Waals surface area contributed by atoms with Crippen LogP contribution >= 0.6 is 0 Å². The van der Waals surface area contributed by atoms with Gasteiger partial charge in [0.1, 0.15) is 0 Å². The van der Waals surface area contributed by atoms with Crippen LogP contribution in [0.1, 0.15) is 62.4 Å². The molecule has 0 fully saturated rings. The molecule has 278 valence electrons. The zero-order valence-electron chi connectivity index (χ0n) is 33.1. The fourth-order valence-electron chi connectivity index (χ4n) is 8.05. The molecular weight excluding hydrogens is 681 g/mol. The molecule has 0 bridgehead atoms. The summed E-state index contributed by atoms with van der Waals surface area (Å²) in [7, 11) is 0. The highest BCUT2D eigenvalue weighted by Gasteiger charge is 2.26. The van der Waals surface area contributed by atoms with Gasteiger partial charge in [0.15, 0.2) is 0 Å². The van der Waals surface area contributed by atoms with Crippen LogP contribution in [0.25, 0.3) is 55.3 Å². The van der Waals surface area contributed by atoms with E-state index in [9.17, 15) is 0 Å². The summed E-state index contributed by atoms with van der Waals surface area (Å²) >= 11 is 0. The van der Waals surface area contributed by atoms with Crippen LogP contribution in [0.15, 0.2) is 176 Å². The maximum Gasteiger partial charge on any atom is 0.0534 e. The Labute approximate surface area is 331 Å². The topological polar surface area (TPSA) is 60.2 Å². The first-order chi connectivity index (χ1) is 27.4. The van der Waals surface area contributed by atoms with Crippen molar-refractivity contribution in [3.8, 4) is 11.1 Å². The second kappa shape index (κ2) is 16.3. The standard InChI is InChI=1S/C50H44N4.C2H6/c1-5-14-34(7-3)35-17-12-19-39(28-35)53-27-11-10-16-33(4)43-29-36(23-25-47(43)53)37-24-26-48-44(30-37)40-20-8-9-22-46(40)54(48)32-38-18-13-21-42-49(38)45(31-51)41(15-6-2)50(42)52;1-2/h5-31H,4,32,51-52H2,1-3H3;1-2H3/b14-5-,15-6-,16-10-,27-11-,34-7+,45-31-;. The number of rotatable bonds is 7. The normalized spacial score (nSPS) is 16.0. The predicted octanol–water partition coefficient (Wildman–Crippen LogP) is 13.3. The summed E-state index contributed by atoms with van der Waals surface area (Å²) < 4.78 is 2.42. The van der Waals surface area contributed by atoms with E-state index in [0.717, 1.165) is 61.6 Å². The number of nitrogens with zero attached hydrogens (tertiary/aromatic N) is 2. The van der Waals surface area contributed by atoms with Crippen molar-refractivity contribution < 1.29 is 0 Å². The molecule has 0 saturated heterocycles. The molecule has 0 spiro atoms. The average Bonchev–Trinajstić information content (AvgIpc) is 3.70. The third-order valence-electron chi connectivity index (χ3n) is 10.6. The molecule has 1 aliphatic heterocycles. The van der Waals surface area contributed by atoms with Gasteiger partial charge in [-0.2, -0.15) is 0 Å². The Bertz CT molecular complexity index is 2700. The Balaban J connectivity index is 0.00000237. The molecule has 5 aromatic carbocycles. The number of anilines is 2. The number of fused-ring (bicyclic) bond motifs is 5. The molecule has 4 heteroatoms. The Morgan fingerprint density at radius 3 is 2.30 bits per heavy atom. The highest BCUT2D eigenvalue weighted by atomic mass is 15.1. The molecule has 0 radical (unpaired) electrons. The molecule has 0 amide bonds. The molecule has 2 aliphatic rings. The molecule has 0 unspecified atom stereocenters. The van der Waals surface area contributed by atoms with Crippen LogP contribution in [0.3, 0.4) is 0 Å². The Hall–Kier alpha value is -6.78. The van der Waals surface area contributed by atoms with Crippen molar-refractivity contribution in [2.45, 2.75) is 41.2 Å². The fourth-order valence-corrected chi connectivity index (χ4v) is 8.05. The quantitative estimate of drug-likeness (QED) is 0.161. The molecular formula is C52H50N4. The SMILES string of the molecule is C=C1/C=C\C=C/N(c2cccc(C(/C=C\C)=C/C)c2)c2ccc(-c3ccc4c(c3)c3ccccc3n4Cc3cccc4c3/C(=C\N)C(/C=C\C)=C4N)cc21.CC. The molecule has 2 heterocycles. The molecule has 4 nitrogen and oxygen atoms in total. The smallest absolute Gasteiger partial charge is 0.0534 e. The number of hydrogen-bond acceptors (Lipinski definition) is 3. The monoisotopic (exact) mass is 730 g/mol. The molecule has 1 aliphatic carbocycles. The van der Waals surface area contributed by atoms with Gasteiger partial charge in [-0.15, -0.1) is 0 Å². The van der Waals surface area contributed by atoms with Gasteiger partial charge in [0, 0.05) is 74.4 Å². The average molecular weight is 731 g/mol. The maximum absolute atomic E-state index is 6.68. The lowest BCUT2D eigenvalue weighted by Crippen LogP contribution is -2.11. The van der Waals surface area contributed by atoms with E-state index in [1.54, 1.807) is 6.20 Å². The summed E-state index contributed by atoms with van der Waals surface area (Å²) in [5.41, 5.74) is 30.2. The molecule has 4 N–H and O–H groups in total. The summed E-state index contributed by atoms with van der Waals surface area (Å²) in [6.45, 7) is 15.3. The predicted molar refractivity (Wildman–Crippen MR) is 244 cm³/mol. The lowest BCUT2D eigenvalue weighted by atomic mass is 9.95. The fraction of sp³-hybridized carbons (Fsp3) is 0.115. The first-order valence-corrected chi connectivity index (χ1v) is 19.5. The van der Waals surface area contributed by atoms with Crippen molar-refractivity contribution in [3.63, 3.8) is 0 Å². The maximum atomic E-state index is 6.68. The van der Waals surface area contributed by atoms with Crippen LogP contribution < -0.4 is 16.4 Å². The van der Waals surface area contributed by atoms with E-state index in [2.05, 4.69) is 176 Å². The van der Waals surface area contributed by atoms with Crippen LogP contribution in [0.5, 0.6) is 0 Å². The first-order valence-electron chi connectivity index (χ1n) is 19.5. The van der Waals surface area contributed by atoms with Gasteiger partial charge >= 0.3 is 0 Å². The van der Waals surface area contributed by atoms with Crippen LogP contribution in [-0.2, 0) is 6.54 Å². The largest absolute Gasteiger partial charge is 0.404 e. The molecule has 0 atom stereocenters. The van der Waals surface area contributed by atoms with Crippen LogP contribution in [-0.4, -0.2) is 4.57 Å². The lowest BCUT2D eigenvalue weighted by molar-refractivity contribution is 0.866. The Morgan fingerprint density at radius 1 is 0.750 bits per heavy atom.